The van der Waals surface area contributed by atoms with Crippen LogP contribution in [0, 0.1) is 5.82 Å². The van der Waals surface area contributed by atoms with Crippen molar-refractivity contribution < 1.29 is 9.18 Å². The minimum absolute atomic E-state index is 0.124. The number of benzene rings is 2. The van der Waals surface area contributed by atoms with Crippen molar-refractivity contribution in [1.82, 2.24) is 9.88 Å². The van der Waals surface area contributed by atoms with Crippen molar-refractivity contribution in [2.75, 3.05) is 7.05 Å². The van der Waals surface area contributed by atoms with Crippen LogP contribution in [0.1, 0.15) is 15.9 Å². The van der Waals surface area contributed by atoms with Crippen molar-refractivity contribution in [2.24, 2.45) is 0 Å². The predicted molar refractivity (Wildman–Crippen MR) is 80.5 cm³/mol. The first-order valence-corrected chi connectivity index (χ1v) is 6.71. The number of carbonyl (C=O) groups excluding carboxylic acids is 1. The number of hydrogen-bond donors (Lipinski definition) is 1. The molecule has 1 amide bonds. The molecule has 0 aliphatic rings. The molecule has 0 unspecified atom stereocenters. The minimum atomic E-state index is -0.293. The van der Waals surface area contributed by atoms with Crippen LogP contribution in [0.3, 0.4) is 0 Å². The lowest BCUT2D eigenvalue weighted by Crippen LogP contribution is -2.26. The van der Waals surface area contributed by atoms with E-state index in [0.717, 1.165) is 10.9 Å². The van der Waals surface area contributed by atoms with Gasteiger partial charge in [0.2, 0.25) is 0 Å². The Bertz CT molecular complexity index is 794. The molecule has 0 bridgehead atoms. The minimum Gasteiger partial charge on any atom is -0.361 e. The van der Waals surface area contributed by atoms with Gasteiger partial charge in [-0.25, -0.2) is 4.39 Å². The van der Waals surface area contributed by atoms with Crippen LogP contribution >= 0.6 is 0 Å². The summed E-state index contributed by atoms with van der Waals surface area (Å²) in [4.78, 5) is 17.0. The van der Waals surface area contributed by atoms with Crippen LogP contribution < -0.4 is 0 Å². The molecule has 0 saturated carbocycles. The van der Waals surface area contributed by atoms with Crippen LogP contribution in [0.2, 0.25) is 0 Å². The molecule has 1 aromatic heterocycles. The summed E-state index contributed by atoms with van der Waals surface area (Å²) in [5.74, 6) is -0.417. The highest BCUT2D eigenvalue weighted by Crippen LogP contribution is 2.17. The quantitative estimate of drug-likeness (QED) is 0.783. The Kier molecular flexibility index (Phi) is 3.44. The Morgan fingerprint density at radius 2 is 2.00 bits per heavy atom. The molecule has 0 spiro atoms. The molecule has 3 rings (SSSR count). The van der Waals surface area contributed by atoms with Gasteiger partial charge < -0.3 is 9.88 Å². The monoisotopic (exact) mass is 282 g/mol. The molecular weight excluding hydrogens is 267 g/mol. The number of amides is 1. The van der Waals surface area contributed by atoms with Gasteiger partial charge in [0.25, 0.3) is 5.91 Å². The van der Waals surface area contributed by atoms with Crippen molar-refractivity contribution in [2.45, 2.75) is 6.54 Å². The van der Waals surface area contributed by atoms with Gasteiger partial charge in [-0.3, -0.25) is 4.79 Å². The number of aromatic amines is 1. The van der Waals surface area contributed by atoms with E-state index in [1.54, 1.807) is 31.3 Å². The fraction of sp³-hybridized carbons (Fsp3) is 0.118. The zero-order chi connectivity index (χ0) is 14.8. The van der Waals surface area contributed by atoms with E-state index in [0.29, 0.717) is 11.1 Å². The Morgan fingerprint density at radius 1 is 1.19 bits per heavy atom. The van der Waals surface area contributed by atoms with Crippen molar-refractivity contribution in [3.05, 3.63) is 71.7 Å². The van der Waals surface area contributed by atoms with Crippen LogP contribution in [0.5, 0.6) is 0 Å². The van der Waals surface area contributed by atoms with Crippen LogP contribution in [-0.2, 0) is 6.54 Å². The van der Waals surface area contributed by atoms with Crippen LogP contribution in [0.15, 0.2) is 54.7 Å². The van der Waals surface area contributed by atoms with Gasteiger partial charge in [-0.1, -0.05) is 18.2 Å². The molecule has 21 heavy (non-hydrogen) atoms. The average Bonchev–Trinajstić information content (AvgIpc) is 2.96. The normalized spacial score (nSPS) is 10.8. The summed E-state index contributed by atoms with van der Waals surface area (Å²) in [5.41, 5.74) is 2.10. The van der Waals surface area contributed by atoms with Gasteiger partial charge >= 0.3 is 0 Å². The number of hydrogen-bond acceptors (Lipinski definition) is 1. The molecule has 0 aliphatic carbocycles. The molecule has 4 heteroatoms. The van der Waals surface area contributed by atoms with Gasteiger partial charge in [0.15, 0.2) is 0 Å². The predicted octanol–water partition coefficient (Wildman–Crippen LogP) is 3.58. The van der Waals surface area contributed by atoms with E-state index in [1.807, 2.05) is 24.4 Å². The standard InChI is InChI=1S/C17H15FN2O/c1-20(11-14-4-2-3-5-15(14)18)17(21)13-6-7-16-12(10-13)8-9-19-16/h2-10,19H,11H2,1H3. The van der Waals surface area contributed by atoms with E-state index in [-0.39, 0.29) is 18.3 Å². The molecule has 106 valence electrons. The van der Waals surface area contributed by atoms with Gasteiger partial charge in [0.05, 0.1) is 0 Å². The lowest BCUT2D eigenvalue weighted by Gasteiger charge is -2.17. The molecule has 1 N–H and O–H groups in total. The van der Waals surface area contributed by atoms with E-state index in [2.05, 4.69) is 4.98 Å². The first-order chi connectivity index (χ1) is 10.1. The number of carbonyl (C=O) groups is 1. The van der Waals surface area contributed by atoms with Crippen LogP contribution in [0.25, 0.3) is 10.9 Å². The fourth-order valence-corrected chi connectivity index (χ4v) is 2.36. The lowest BCUT2D eigenvalue weighted by atomic mass is 10.1. The number of rotatable bonds is 3. The summed E-state index contributed by atoms with van der Waals surface area (Å²) in [5, 5.41) is 0.986. The molecule has 2 aromatic carbocycles. The number of aromatic nitrogens is 1. The third-order valence-corrected chi connectivity index (χ3v) is 3.51. The zero-order valence-electron chi connectivity index (χ0n) is 11.6. The van der Waals surface area contributed by atoms with E-state index >= 15 is 0 Å². The highest BCUT2D eigenvalue weighted by atomic mass is 19.1. The van der Waals surface area contributed by atoms with Crippen LogP contribution in [-0.4, -0.2) is 22.8 Å². The van der Waals surface area contributed by atoms with Crippen molar-refractivity contribution in [3.63, 3.8) is 0 Å². The molecule has 1 heterocycles. The molecule has 3 aromatic rings. The average molecular weight is 282 g/mol. The summed E-state index contributed by atoms with van der Waals surface area (Å²) in [7, 11) is 1.68. The van der Waals surface area contributed by atoms with E-state index in [1.165, 1.54) is 11.0 Å². The molecule has 3 nitrogen and oxygen atoms in total. The highest BCUT2D eigenvalue weighted by molar-refractivity contribution is 5.97. The fourth-order valence-electron chi connectivity index (χ4n) is 2.36. The summed E-state index contributed by atoms with van der Waals surface area (Å²) in [6, 6.07) is 13.9. The molecule has 0 saturated heterocycles. The number of halogens is 1. The number of nitrogens with zero attached hydrogens (tertiary/aromatic N) is 1. The molecular formula is C17H15FN2O. The summed E-state index contributed by atoms with van der Waals surface area (Å²) in [6.07, 6.45) is 1.84. The lowest BCUT2D eigenvalue weighted by molar-refractivity contribution is 0.0784. The maximum atomic E-state index is 13.6. The number of fused-ring (bicyclic) bond motifs is 1. The first-order valence-electron chi connectivity index (χ1n) is 6.71. The maximum Gasteiger partial charge on any atom is 0.253 e. The van der Waals surface area contributed by atoms with E-state index in [4.69, 9.17) is 0 Å². The molecule has 0 radical (unpaired) electrons. The van der Waals surface area contributed by atoms with Crippen LogP contribution in [0.4, 0.5) is 4.39 Å². The zero-order valence-corrected chi connectivity index (χ0v) is 11.6. The second-order valence-electron chi connectivity index (χ2n) is 5.03. The van der Waals surface area contributed by atoms with Crippen molar-refractivity contribution in [1.29, 1.82) is 0 Å². The van der Waals surface area contributed by atoms with Gasteiger partial charge in [0, 0.05) is 41.8 Å². The van der Waals surface area contributed by atoms with Gasteiger partial charge in [-0.05, 0) is 30.3 Å². The van der Waals surface area contributed by atoms with E-state index in [9.17, 15) is 9.18 Å². The second-order valence-corrected chi connectivity index (χ2v) is 5.03. The molecule has 0 atom stereocenters. The van der Waals surface area contributed by atoms with Gasteiger partial charge in [-0.2, -0.15) is 0 Å². The number of nitrogens with one attached hydrogen (secondary N) is 1. The Morgan fingerprint density at radius 3 is 2.81 bits per heavy atom. The smallest absolute Gasteiger partial charge is 0.253 e. The topological polar surface area (TPSA) is 36.1 Å². The summed E-state index contributed by atoms with van der Waals surface area (Å²) < 4.78 is 13.6. The summed E-state index contributed by atoms with van der Waals surface area (Å²) >= 11 is 0. The Balaban J connectivity index is 1.82. The largest absolute Gasteiger partial charge is 0.361 e. The highest BCUT2D eigenvalue weighted by Gasteiger charge is 2.14. The number of H-pyrrole nitrogens is 1. The Hall–Kier alpha value is -2.62. The third-order valence-electron chi connectivity index (χ3n) is 3.51. The van der Waals surface area contributed by atoms with E-state index < -0.39 is 0 Å². The molecule has 0 aliphatic heterocycles. The summed E-state index contributed by atoms with van der Waals surface area (Å²) in [6.45, 7) is 0.247. The third kappa shape index (κ3) is 2.65. The molecule has 0 fully saturated rings. The Labute approximate surface area is 122 Å². The first kappa shape index (κ1) is 13.4. The second kappa shape index (κ2) is 5.40. The maximum absolute atomic E-state index is 13.6. The van der Waals surface area contributed by atoms with Gasteiger partial charge in [-0.15, -0.1) is 0 Å². The van der Waals surface area contributed by atoms with Crippen molar-refractivity contribution >= 4 is 16.8 Å². The van der Waals surface area contributed by atoms with Gasteiger partial charge in [0.1, 0.15) is 5.82 Å². The SMILES string of the molecule is CN(Cc1ccccc1F)C(=O)c1ccc2[nH]ccc2c1. The van der Waals surface area contributed by atoms with Crippen molar-refractivity contribution in [3.8, 4) is 0 Å².